The second-order valence-corrected chi connectivity index (χ2v) is 12.6. The molecule has 43 heavy (non-hydrogen) atoms. The quantitative estimate of drug-likeness (QED) is 0.315. The number of rotatable bonds is 7. The van der Waals surface area contributed by atoms with Crippen LogP contribution >= 0.6 is 0 Å². The molecule has 1 saturated heterocycles. The van der Waals surface area contributed by atoms with Crippen LogP contribution in [0.15, 0.2) is 54.6 Å². The molecule has 2 aromatic carbocycles. The first-order valence-corrected chi connectivity index (χ1v) is 15.6. The lowest BCUT2D eigenvalue weighted by Gasteiger charge is -2.38. The Balaban J connectivity index is 1.31. The van der Waals surface area contributed by atoms with E-state index in [9.17, 15) is 26.7 Å². The molecule has 230 valence electrons. The Hall–Kier alpha value is -3.28. The zero-order chi connectivity index (χ0) is 31.1. The topological polar surface area (TPSA) is 77.0 Å². The Kier molecular flexibility index (Phi) is 8.97. The standard InChI is InChI=1S/C32H37F3N4O3S/c1-20-16-27(17-21(2)36-20)39-14-12-26(13-15-39)37(3)30(40)23-9-8-22-10-11-29(28(22)19-23)38(4)31(43(41)42)24-6-5-7-25(18-24)32(33,34)35/h5-9,16-19,26,29,31H,10-15H2,1-4H3,(H,41,42). The first-order chi connectivity index (χ1) is 20.3. The number of nitrogens with zero attached hydrogens (tertiary/aromatic N) is 4. The van der Waals surface area contributed by atoms with Gasteiger partial charge in [-0.2, -0.15) is 13.2 Å². The first-order valence-electron chi connectivity index (χ1n) is 14.4. The van der Waals surface area contributed by atoms with E-state index >= 15 is 0 Å². The molecule has 2 aliphatic rings. The number of hydrogen-bond acceptors (Lipinski definition) is 5. The van der Waals surface area contributed by atoms with Crippen LogP contribution in [0, 0.1) is 13.8 Å². The lowest BCUT2D eigenvalue weighted by atomic mass is 9.99. The van der Waals surface area contributed by atoms with Crippen LogP contribution in [-0.2, 0) is 23.7 Å². The molecule has 1 aromatic heterocycles. The molecule has 0 radical (unpaired) electrons. The summed E-state index contributed by atoms with van der Waals surface area (Å²) in [5, 5.41) is -1.17. The molecule has 1 amide bonds. The van der Waals surface area contributed by atoms with Crippen molar-refractivity contribution in [2.24, 2.45) is 0 Å². The number of aromatic nitrogens is 1. The Labute approximate surface area is 253 Å². The van der Waals surface area contributed by atoms with E-state index in [1.165, 1.54) is 12.1 Å². The monoisotopic (exact) mass is 614 g/mol. The fraction of sp³-hybridized carbons (Fsp3) is 0.438. The Bertz CT molecular complexity index is 1500. The predicted octanol–water partition coefficient (Wildman–Crippen LogP) is 6.30. The summed E-state index contributed by atoms with van der Waals surface area (Å²) in [7, 11) is 3.48. The second-order valence-electron chi connectivity index (χ2n) is 11.6. The zero-order valence-electron chi connectivity index (χ0n) is 24.8. The summed E-state index contributed by atoms with van der Waals surface area (Å²) in [6.45, 7) is 5.64. The van der Waals surface area contributed by atoms with Crippen LogP contribution in [0.3, 0.4) is 0 Å². The van der Waals surface area contributed by atoms with Gasteiger partial charge in [-0.1, -0.05) is 18.2 Å². The fourth-order valence-electron chi connectivity index (χ4n) is 6.54. The van der Waals surface area contributed by atoms with Gasteiger partial charge in [0.15, 0.2) is 11.1 Å². The fourth-order valence-corrected chi connectivity index (χ4v) is 7.35. The number of aryl methyl sites for hydroxylation is 3. The van der Waals surface area contributed by atoms with Crippen LogP contribution in [0.25, 0.3) is 0 Å². The smallest absolute Gasteiger partial charge is 0.371 e. The Morgan fingerprint density at radius 1 is 1.02 bits per heavy atom. The van der Waals surface area contributed by atoms with Crippen LogP contribution in [0.4, 0.5) is 18.9 Å². The number of anilines is 1. The summed E-state index contributed by atoms with van der Waals surface area (Å²) >= 11 is -2.46. The van der Waals surface area contributed by atoms with Crippen LogP contribution in [0.1, 0.15) is 74.7 Å². The van der Waals surface area contributed by atoms with Crippen molar-refractivity contribution < 1.29 is 26.7 Å². The third-order valence-corrected chi connectivity index (χ3v) is 9.74. The van der Waals surface area contributed by atoms with E-state index in [2.05, 4.69) is 22.0 Å². The van der Waals surface area contributed by atoms with E-state index in [1.54, 1.807) is 11.9 Å². The van der Waals surface area contributed by atoms with Crippen molar-refractivity contribution in [3.05, 3.63) is 93.8 Å². The maximum Gasteiger partial charge on any atom is 0.416 e. The maximum absolute atomic E-state index is 13.7. The SMILES string of the molecule is Cc1cc(N2CCC(N(C)C(=O)c3ccc4c(c3)C(N(C)C(c3cccc(C(F)(F)F)c3)S(=O)O)CC4)CC2)cc(C)n1. The molecule has 0 spiro atoms. The van der Waals surface area contributed by atoms with Gasteiger partial charge in [0.05, 0.1) is 5.56 Å². The average Bonchev–Trinajstić information content (AvgIpc) is 3.39. The third-order valence-electron chi connectivity index (χ3n) is 8.75. The highest BCUT2D eigenvalue weighted by atomic mass is 32.2. The molecule has 2 heterocycles. The molecule has 5 rings (SSSR count). The molecule has 3 atom stereocenters. The molecule has 11 heteroatoms. The van der Waals surface area contributed by atoms with E-state index in [1.807, 2.05) is 44.0 Å². The Morgan fingerprint density at radius 2 is 1.70 bits per heavy atom. The number of pyridine rings is 1. The molecule has 1 aliphatic heterocycles. The van der Waals surface area contributed by atoms with Crippen LogP contribution in [-0.4, -0.2) is 62.7 Å². The van der Waals surface area contributed by atoms with Gasteiger partial charge in [-0.05, 0) is 99.7 Å². The van der Waals surface area contributed by atoms with E-state index < -0.39 is 28.2 Å². The van der Waals surface area contributed by atoms with Crippen LogP contribution in [0.2, 0.25) is 0 Å². The number of alkyl halides is 3. The summed E-state index contributed by atoms with van der Waals surface area (Å²) in [5.41, 5.74) is 4.79. The van der Waals surface area contributed by atoms with Crippen molar-refractivity contribution in [2.75, 3.05) is 32.1 Å². The van der Waals surface area contributed by atoms with E-state index in [0.717, 1.165) is 66.3 Å². The van der Waals surface area contributed by atoms with Gasteiger partial charge in [0.2, 0.25) is 0 Å². The van der Waals surface area contributed by atoms with Gasteiger partial charge >= 0.3 is 6.18 Å². The van der Waals surface area contributed by atoms with Crippen LogP contribution in [0.5, 0.6) is 0 Å². The number of piperidine rings is 1. The van der Waals surface area contributed by atoms with Crippen molar-refractivity contribution in [3.8, 4) is 0 Å². The normalized spacial score (nSPS) is 18.9. The molecular weight excluding hydrogens is 577 g/mol. The number of carbonyl (C=O) groups is 1. The van der Waals surface area contributed by atoms with Crippen molar-refractivity contribution in [1.29, 1.82) is 0 Å². The van der Waals surface area contributed by atoms with Gasteiger partial charge in [-0.3, -0.25) is 14.7 Å². The number of hydrogen-bond donors (Lipinski definition) is 1. The summed E-state index contributed by atoms with van der Waals surface area (Å²) in [6, 6.07) is 14.1. The predicted molar refractivity (Wildman–Crippen MR) is 161 cm³/mol. The highest BCUT2D eigenvalue weighted by Crippen LogP contribution is 2.41. The first kappa shape index (κ1) is 31.2. The van der Waals surface area contributed by atoms with Crippen molar-refractivity contribution >= 4 is 22.7 Å². The summed E-state index contributed by atoms with van der Waals surface area (Å²) in [4.78, 5) is 23.9. The molecule has 3 aromatic rings. The van der Waals surface area contributed by atoms with E-state index in [-0.39, 0.29) is 23.6 Å². The van der Waals surface area contributed by atoms with Crippen LogP contribution < -0.4 is 4.90 Å². The molecule has 3 unspecified atom stereocenters. The van der Waals surface area contributed by atoms with Crippen molar-refractivity contribution in [2.45, 2.75) is 63.2 Å². The molecule has 7 nitrogen and oxygen atoms in total. The minimum absolute atomic E-state index is 0.0848. The zero-order valence-corrected chi connectivity index (χ0v) is 25.6. The van der Waals surface area contributed by atoms with Gasteiger partial charge in [-0.15, -0.1) is 0 Å². The molecule has 0 saturated carbocycles. The molecular formula is C32H37F3N4O3S. The summed E-state index contributed by atoms with van der Waals surface area (Å²) < 4.78 is 62.8. The lowest BCUT2D eigenvalue weighted by molar-refractivity contribution is -0.137. The van der Waals surface area contributed by atoms with Gasteiger partial charge in [-0.25, -0.2) is 4.21 Å². The van der Waals surface area contributed by atoms with E-state index in [4.69, 9.17) is 0 Å². The number of fused-ring (bicyclic) bond motifs is 1. The Morgan fingerprint density at radius 3 is 2.33 bits per heavy atom. The lowest BCUT2D eigenvalue weighted by Crippen LogP contribution is -2.45. The number of benzene rings is 2. The average molecular weight is 615 g/mol. The minimum Gasteiger partial charge on any atom is -0.371 e. The number of amides is 1. The second kappa shape index (κ2) is 12.4. The molecule has 0 bridgehead atoms. The highest BCUT2D eigenvalue weighted by molar-refractivity contribution is 7.79. The van der Waals surface area contributed by atoms with Gasteiger partial charge in [0, 0.05) is 54.9 Å². The van der Waals surface area contributed by atoms with Crippen molar-refractivity contribution in [3.63, 3.8) is 0 Å². The number of carbonyl (C=O) groups excluding carboxylic acids is 1. The van der Waals surface area contributed by atoms with Gasteiger partial charge < -0.3 is 14.4 Å². The largest absolute Gasteiger partial charge is 0.416 e. The highest BCUT2D eigenvalue weighted by Gasteiger charge is 2.37. The summed E-state index contributed by atoms with van der Waals surface area (Å²) in [6.07, 6.45) is -1.57. The molecule has 1 N–H and O–H groups in total. The summed E-state index contributed by atoms with van der Waals surface area (Å²) in [5.74, 6) is -0.0923. The number of halogens is 3. The van der Waals surface area contributed by atoms with Gasteiger partial charge in [0.1, 0.15) is 5.37 Å². The van der Waals surface area contributed by atoms with E-state index in [0.29, 0.717) is 18.4 Å². The molecule has 1 aliphatic carbocycles. The van der Waals surface area contributed by atoms with Crippen molar-refractivity contribution in [1.82, 2.24) is 14.8 Å². The third kappa shape index (κ3) is 6.63. The molecule has 1 fully saturated rings. The van der Waals surface area contributed by atoms with Gasteiger partial charge in [0.25, 0.3) is 5.91 Å². The maximum atomic E-state index is 13.7. The minimum atomic E-state index is -4.56.